The summed E-state index contributed by atoms with van der Waals surface area (Å²) in [5.74, 6) is 0.294. The maximum atomic E-state index is 11.7. The Bertz CT molecular complexity index is 705. The smallest absolute Gasteiger partial charge is 0.222 e. The van der Waals surface area contributed by atoms with E-state index in [0.29, 0.717) is 12.3 Å². The highest BCUT2D eigenvalue weighted by Gasteiger charge is 2.20. The molecule has 1 aromatic heterocycles. The third-order valence-corrected chi connectivity index (χ3v) is 5.29. The second-order valence-corrected chi connectivity index (χ2v) is 7.35. The number of benzene rings is 1. The minimum atomic E-state index is 0.294. The number of carbonyl (C=O) groups is 1. The highest BCUT2D eigenvalue weighted by Crippen LogP contribution is 2.31. The largest absolute Gasteiger partial charge is 0.342 e. The van der Waals surface area contributed by atoms with Crippen molar-refractivity contribution in [3.05, 3.63) is 39.2 Å². The van der Waals surface area contributed by atoms with Crippen molar-refractivity contribution in [2.45, 2.75) is 40.0 Å². The van der Waals surface area contributed by atoms with Crippen molar-refractivity contribution >= 4 is 17.2 Å². The summed E-state index contributed by atoms with van der Waals surface area (Å²) in [5, 5.41) is 1.13. The Labute approximate surface area is 136 Å². The van der Waals surface area contributed by atoms with E-state index in [1.54, 1.807) is 11.3 Å². The predicted octanol–water partition coefficient (Wildman–Crippen LogP) is 3.90. The molecule has 1 amide bonds. The molecule has 1 fully saturated rings. The number of aromatic nitrogens is 1. The van der Waals surface area contributed by atoms with E-state index >= 15 is 0 Å². The van der Waals surface area contributed by atoms with Gasteiger partial charge >= 0.3 is 0 Å². The first-order valence-corrected chi connectivity index (χ1v) is 8.68. The normalized spacial score (nSPS) is 14.9. The Morgan fingerprint density at radius 3 is 2.82 bits per heavy atom. The molecular formula is C18H22N2OS. The summed E-state index contributed by atoms with van der Waals surface area (Å²) in [6.45, 7) is 8.10. The molecule has 0 atom stereocenters. The third-order valence-electron chi connectivity index (χ3n) is 4.26. The van der Waals surface area contributed by atoms with Crippen LogP contribution in [0.5, 0.6) is 0 Å². The summed E-state index contributed by atoms with van der Waals surface area (Å²) < 4.78 is 0. The molecule has 0 spiro atoms. The van der Waals surface area contributed by atoms with Gasteiger partial charge in [0.25, 0.3) is 0 Å². The summed E-state index contributed by atoms with van der Waals surface area (Å²) >= 11 is 1.76. The summed E-state index contributed by atoms with van der Waals surface area (Å²) in [5.41, 5.74) is 4.86. The molecule has 116 valence electrons. The molecule has 2 heterocycles. The standard InChI is InChI=1S/C18H22N2OS/c1-12-6-7-13(2)15(11-12)18-14(3)22-16(19-18)8-10-20-9-4-5-17(20)21/h6-7,11H,4-5,8-10H2,1-3H3. The summed E-state index contributed by atoms with van der Waals surface area (Å²) in [6, 6.07) is 6.51. The highest BCUT2D eigenvalue weighted by molar-refractivity contribution is 7.12. The maximum Gasteiger partial charge on any atom is 0.222 e. The van der Waals surface area contributed by atoms with E-state index in [2.05, 4.69) is 39.0 Å². The number of amides is 1. The lowest BCUT2D eigenvalue weighted by molar-refractivity contribution is -0.127. The zero-order chi connectivity index (χ0) is 15.7. The highest BCUT2D eigenvalue weighted by atomic mass is 32.1. The molecule has 0 radical (unpaired) electrons. The monoisotopic (exact) mass is 314 g/mol. The van der Waals surface area contributed by atoms with Crippen LogP contribution in [0.4, 0.5) is 0 Å². The van der Waals surface area contributed by atoms with Gasteiger partial charge < -0.3 is 4.90 Å². The van der Waals surface area contributed by atoms with E-state index in [1.807, 2.05) is 4.90 Å². The van der Waals surface area contributed by atoms with Gasteiger partial charge in [-0.3, -0.25) is 4.79 Å². The molecule has 22 heavy (non-hydrogen) atoms. The van der Waals surface area contributed by atoms with Crippen LogP contribution in [0.25, 0.3) is 11.3 Å². The van der Waals surface area contributed by atoms with E-state index < -0.39 is 0 Å². The molecule has 0 bridgehead atoms. The van der Waals surface area contributed by atoms with Gasteiger partial charge in [0.05, 0.1) is 10.7 Å². The fraction of sp³-hybridized carbons (Fsp3) is 0.444. The van der Waals surface area contributed by atoms with E-state index in [9.17, 15) is 4.79 Å². The van der Waals surface area contributed by atoms with Gasteiger partial charge in [0, 0.05) is 36.4 Å². The van der Waals surface area contributed by atoms with E-state index in [4.69, 9.17) is 4.98 Å². The molecule has 1 aliphatic rings. The van der Waals surface area contributed by atoms with Crippen molar-refractivity contribution in [3.63, 3.8) is 0 Å². The molecule has 1 aromatic carbocycles. The lowest BCUT2D eigenvalue weighted by Gasteiger charge is -2.13. The maximum absolute atomic E-state index is 11.7. The molecule has 1 saturated heterocycles. The van der Waals surface area contributed by atoms with Crippen LogP contribution in [0.3, 0.4) is 0 Å². The van der Waals surface area contributed by atoms with Crippen molar-refractivity contribution in [1.29, 1.82) is 0 Å². The van der Waals surface area contributed by atoms with Crippen LogP contribution < -0.4 is 0 Å². The predicted molar refractivity (Wildman–Crippen MR) is 91.3 cm³/mol. The number of aryl methyl sites for hydroxylation is 3. The van der Waals surface area contributed by atoms with Gasteiger partial charge in [0.15, 0.2) is 0 Å². The summed E-state index contributed by atoms with van der Waals surface area (Å²) in [6.07, 6.45) is 2.58. The molecule has 4 heteroatoms. The number of hydrogen-bond acceptors (Lipinski definition) is 3. The SMILES string of the molecule is Cc1ccc(C)c(-c2nc(CCN3CCCC3=O)sc2C)c1. The average Bonchev–Trinajstić information content (AvgIpc) is 3.05. The minimum absolute atomic E-state index is 0.294. The van der Waals surface area contributed by atoms with Crippen LogP contribution in [0.15, 0.2) is 18.2 Å². The molecule has 1 aliphatic heterocycles. The average molecular weight is 314 g/mol. The minimum Gasteiger partial charge on any atom is -0.342 e. The van der Waals surface area contributed by atoms with Gasteiger partial charge in [0.2, 0.25) is 5.91 Å². The Hall–Kier alpha value is -1.68. The molecule has 3 rings (SSSR count). The lowest BCUT2D eigenvalue weighted by atomic mass is 10.0. The number of hydrogen-bond donors (Lipinski definition) is 0. The molecule has 0 aliphatic carbocycles. The molecule has 0 N–H and O–H groups in total. The molecular weight excluding hydrogens is 292 g/mol. The van der Waals surface area contributed by atoms with Gasteiger partial charge in [-0.05, 0) is 38.8 Å². The second-order valence-electron chi connectivity index (χ2n) is 6.07. The Morgan fingerprint density at radius 1 is 1.27 bits per heavy atom. The van der Waals surface area contributed by atoms with Crippen LogP contribution in [-0.2, 0) is 11.2 Å². The zero-order valence-electron chi connectivity index (χ0n) is 13.5. The van der Waals surface area contributed by atoms with Crippen LogP contribution >= 0.6 is 11.3 Å². The first kappa shape index (κ1) is 15.2. The Balaban J connectivity index is 1.78. The van der Waals surface area contributed by atoms with Crippen molar-refractivity contribution in [2.24, 2.45) is 0 Å². The van der Waals surface area contributed by atoms with Crippen LogP contribution in [0, 0.1) is 20.8 Å². The van der Waals surface area contributed by atoms with E-state index in [-0.39, 0.29) is 0 Å². The Kier molecular flexibility index (Phi) is 4.30. The van der Waals surface area contributed by atoms with Crippen molar-refractivity contribution < 1.29 is 4.79 Å². The van der Waals surface area contributed by atoms with Crippen LogP contribution in [-0.4, -0.2) is 28.9 Å². The quantitative estimate of drug-likeness (QED) is 0.857. The topological polar surface area (TPSA) is 33.2 Å². The second kappa shape index (κ2) is 6.21. The first-order valence-electron chi connectivity index (χ1n) is 7.86. The Morgan fingerprint density at radius 2 is 2.09 bits per heavy atom. The third kappa shape index (κ3) is 3.07. The molecule has 0 unspecified atom stereocenters. The fourth-order valence-corrected chi connectivity index (χ4v) is 3.91. The van der Waals surface area contributed by atoms with Crippen LogP contribution in [0.2, 0.25) is 0 Å². The molecule has 3 nitrogen and oxygen atoms in total. The summed E-state index contributed by atoms with van der Waals surface area (Å²) in [7, 11) is 0. The van der Waals surface area contributed by atoms with E-state index in [0.717, 1.165) is 36.6 Å². The van der Waals surface area contributed by atoms with Crippen LogP contribution in [0.1, 0.15) is 33.9 Å². The number of rotatable bonds is 4. The van der Waals surface area contributed by atoms with Crippen molar-refractivity contribution in [3.8, 4) is 11.3 Å². The zero-order valence-corrected chi connectivity index (χ0v) is 14.3. The van der Waals surface area contributed by atoms with Gasteiger partial charge in [-0.1, -0.05) is 17.7 Å². The molecule has 0 saturated carbocycles. The lowest BCUT2D eigenvalue weighted by Crippen LogP contribution is -2.26. The van der Waals surface area contributed by atoms with E-state index in [1.165, 1.54) is 21.6 Å². The van der Waals surface area contributed by atoms with Gasteiger partial charge in [-0.15, -0.1) is 11.3 Å². The number of thiazole rings is 1. The van der Waals surface area contributed by atoms with Gasteiger partial charge in [-0.25, -0.2) is 4.98 Å². The number of nitrogens with zero attached hydrogens (tertiary/aromatic N) is 2. The van der Waals surface area contributed by atoms with Gasteiger partial charge in [0.1, 0.15) is 0 Å². The van der Waals surface area contributed by atoms with Gasteiger partial charge in [-0.2, -0.15) is 0 Å². The number of carbonyl (C=O) groups excluding carboxylic acids is 1. The van der Waals surface area contributed by atoms with Crippen molar-refractivity contribution in [1.82, 2.24) is 9.88 Å². The van der Waals surface area contributed by atoms with Crippen molar-refractivity contribution in [2.75, 3.05) is 13.1 Å². The first-order chi connectivity index (χ1) is 10.5. The fourth-order valence-electron chi connectivity index (χ4n) is 2.97. The summed E-state index contributed by atoms with van der Waals surface area (Å²) in [4.78, 5) is 19.8. The molecule has 2 aromatic rings. The number of likely N-dealkylation sites (tertiary alicyclic amines) is 1.